The highest BCUT2D eigenvalue weighted by molar-refractivity contribution is 6.30. The highest BCUT2D eigenvalue weighted by Crippen LogP contribution is 2.62. The summed E-state index contributed by atoms with van der Waals surface area (Å²) in [5, 5.41) is 9.66. The summed E-state index contributed by atoms with van der Waals surface area (Å²) in [6, 6.07) is 11.8. The topological polar surface area (TPSA) is 59.8 Å². The summed E-state index contributed by atoms with van der Waals surface area (Å²) in [5.74, 6) is 1.94. The summed E-state index contributed by atoms with van der Waals surface area (Å²) in [6.45, 7) is 2.16. The van der Waals surface area contributed by atoms with Gasteiger partial charge in [-0.1, -0.05) is 18.5 Å². The van der Waals surface area contributed by atoms with Crippen molar-refractivity contribution in [3.05, 3.63) is 59.4 Å². The lowest BCUT2D eigenvalue weighted by molar-refractivity contribution is 0.0926. The largest absolute Gasteiger partial charge is 0.349 e. The Labute approximate surface area is 169 Å². The molecule has 6 heteroatoms. The zero-order valence-electron chi connectivity index (χ0n) is 15.8. The predicted octanol–water partition coefficient (Wildman–Crippen LogP) is 4.49. The van der Waals surface area contributed by atoms with Crippen LogP contribution in [-0.2, 0) is 0 Å². The van der Waals surface area contributed by atoms with Crippen molar-refractivity contribution >= 4 is 28.5 Å². The molecule has 0 saturated heterocycles. The van der Waals surface area contributed by atoms with Crippen molar-refractivity contribution in [3.63, 3.8) is 0 Å². The normalized spacial score (nSPS) is 26.8. The second-order valence-corrected chi connectivity index (χ2v) is 8.49. The van der Waals surface area contributed by atoms with Gasteiger partial charge in [-0.15, -0.1) is 0 Å². The van der Waals surface area contributed by atoms with Crippen LogP contribution < -0.4 is 5.32 Å². The average molecular weight is 395 g/mol. The van der Waals surface area contributed by atoms with Gasteiger partial charge < -0.3 is 5.32 Å². The van der Waals surface area contributed by atoms with Gasteiger partial charge in [0.15, 0.2) is 5.65 Å². The molecule has 2 saturated carbocycles. The van der Waals surface area contributed by atoms with Gasteiger partial charge in [0.2, 0.25) is 0 Å². The number of carbonyl (C=O) groups excluding carboxylic acids is 1. The van der Waals surface area contributed by atoms with Gasteiger partial charge in [0.25, 0.3) is 5.91 Å². The Morgan fingerprint density at radius 2 is 2.00 bits per heavy atom. The monoisotopic (exact) mass is 394 g/mol. The van der Waals surface area contributed by atoms with E-state index >= 15 is 0 Å². The number of aromatic nitrogens is 3. The first-order valence-corrected chi connectivity index (χ1v) is 10.4. The van der Waals surface area contributed by atoms with E-state index in [0.717, 1.165) is 30.3 Å². The molecule has 1 aromatic carbocycles. The molecule has 0 aliphatic heterocycles. The van der Waals surface area contributed by atoms with E-state index in [4.69, 9.17) is 11.6 Å². The summed E-state index contributed by atoms with van der Waals surface area (Å²) in [7, 11) is 0. The minimum atomic E-state index is -0.00515. The van der Waals surface area contributed by atoms with E-state index in [2.05, 4.69) is 39.3 Å². The fourth-order valence-corrected chi connectivity index (χ4v) is 5.19. The van der Waals surface area contributed by atoms with E-state index in [1.54, 1.807) is 30.5 Å². The fraction of sp³-hybridized carbons (Fsp3) is 0.409. The number of hydrogen-bond donors (Lipinski definition) is 1. The van der Waals surface area contributed by atoms with Gasteiger partial charge in [-0.3, -0.25) is 9.48 Å². The highest BCUT2D eigenvalue weighted by Gasteiger charge is 2.59. The predicted molar refractivity (Wildman–Crippen MR) is 109 cm³/mol. The van der Waals surface area contributed by atoms with E-state index < -0.39 is 0 Å². The summed E-state index contributed by atoms with van der Waals surface area (Å²) in [6.07, 6.45) is 7.13. The molecule has 0 radical (unpaired) electrons. The molecule has 3 unspecified atom stereocenters. The summed E-state index contributed by atoms with van der Waals surface area (Å²) in [5.41, 5.74) is 1.49. The first-order valence-electron chi connectivity index (χ1n) is 10.0. The third-order valence-corrected chi connectivity index (χ3v) is 6.74. The lowest BCUT2D eigenvalue weighted by Crippen LogP contribution is -2.37. The maximum atomic E-state index is 12.6. The minimum Gasteiger partial charge on any atom is -0.349 e. The van der Waals surface area contributed by atoms with E-state index in [-0.39, 0.29) is 11.9 Å². The highest BCUT2D eigenvalue weighted by atomic mass is 35.5. The standard InChI is InChI=1S/C22H23ClN4O/c1-2-19(25-22(28)13-5-7-15(23)8-6-13)20-17-10-16(11-18(17)20)27-12-14-4-3-9-24-21(14)26-27/h3-9,12,16-20H,2,10-11H2,1H3,(H,25,28)/t16?,17-,18+,19?,20?. The molecule has 5 nitrogen and oxygen atoms in total. The third kappa shape index (κ3) is 3.08. The maximum absolute atomic E-state index is 12.6. The van der Waals surface area contributed by atoms with Gasteiger partial charge >= 0.3 is 0 Å². The minimum absolute atomic E-state index is 0.00515. The molecule has 2 aromatic heterocycles. The molecule has 144 valence electrons. The number of benzene rings is 1. The lowest BCUT2D eigenvalue weighted by atomic mass is 9.99. The van der Waals surface area contributed by atoms with Crippen LogP contribution in [-0.4, -0.2) is 26.7 Å². The number of pyridine rings is 1. The maximum Gasteiger partial charge on any atom is 0.251 e. The smallest absolute Gasteiger partial charge is 0.251 e. The molecule has 2 aliphatic carbocycles. The van der Waals surface area contributed by atoms with Crippen molar-refractivity contribution in [2.75, 3.05) is 0 Å². The molecule has 1 amide bonds. The van der Waals surface area contributed by atoms with Crippen LogP contribution in [0.1, 0.15) is 42.6 Å². The van der Waals surface area contributed by atoms with Gasteiger partial charge in [-0.2, -0.15) is 5.10 Å². The number of nitrogens with zero attached hydrogens (tertiary/aromatic N) is 3. The molecule has 1 N–H and O–H groups in total. The second kappa shape index (κ2) is 6.89. The Bertz CT molecular complexity index is 970. The summed E-state index contributed by atoms with van der Waals surface area (Å²) >= 11 is 5.92. The molecule has 2 aliphatic rings. The Kier molecular flexibility index (Phi) is 4.35. The molecule has 0 spiro atoms. The molecule has 2 heterocycles. The quantitative estimate of drug-likeness (QED) is 0.693. The van der Waals surface area contributed by atoms with Crippen LogP contribution in [0.15, 0.2) is 48.8 Å². The number of fused-ring (bicyclic) bond motifs is 2. The molecule has 5 rings (SSSR count). The van der Waals surface area contributed by atoms with Crippen LogP contribution in [0, 0.1) is 17.8 Å². The average Bonchev–Trinajstić information content (AvgIpc) is 3.07. The van der Waals surface area contributed by atoms with E-state index in [1.165, 1.54) is 0 Å². The van der Waals surface area contributed by atoms with E-state index in [0.29, 0.717) is 34.4 Å². The Hall–Kier alpha value is -2.40. The van der Waals surface area contributed by atoms with Crippen molar-refractivity contribution in [2.45, 2.75) is 38.3 Å². The first kappa shape index (κ1) is 17.7. The van der Waals surface area contributed by atoms with Crippen LogP contribution in [0.3, 0.4) is 0 Å². The van der Waals surface area contributed by atoms with E-state index in [1.807, 2.05) is 6.07 Å². The number of halogens is 1. The Balaban J connectivity index is 1.23. The fourth-order valence-electron chi connectivity index (χ4n) is 5.06. The van der Waals surface area contributed by atoms with E-state index in [9.17, 15) is 4.79 Å². The van der Waals surface area contributed by atoms with Crippen LogP contribution in [0.5, 0.6) is 0 Å². The van der Waals surface area contributed by atoms with Crippen molar-refractivity contribution in [1.29, 1.82) is 0 Å². The molecule has 5 atom stereocenters. The van der Waals surface area contributed by atoms with Crippen molar-refractivity contribution in [2.24, 2.45) is 17.8 Å². The van der Waals surface area contributed by atoms with Crippen LogP contribution in [0.2, 0.25) is 5.02 Å². The van der Waals surface area contributed by atoms with Crippen molar-refractivity contribution < 1.29 is 4.79 Å². The molecule has 28 heavy (non-hydrogen) atoms. The van der Waals surface area contributed by atoms with Gasteiger partial charge in [-0.05, 0) is 73.4 Å². The van der Waals surface area contributed by atoms with Gasteiger partial charge in [0.1, 0.15) is 0 Å². The van der Waals surface area contributed by atoms with Crippen LogP contribution >= 0.6 is 11.6 Å². The SMILES string of the molecule is CCC(NC(=O)c1ccc(Cl)cc1)C1[C@H]2CC(n3cc4cccnc4n3)C[C@@H]12. The zero-order chi connectivity index (χ0) is 19.3. The van der Waals surface area contributed by atoms with Crippen molar-refractivity contribution in [3.8, 4) is 0 Å². The molecular weight excluding hydrogens is 372 g/mol. The van der Waals surface area contributed by atoms with Gasteiger partial charge in [0, 0.05) is 34.4 Å². The van der Waals surface area contributed by atoms with Gasteiger partial charge in [-0.25, -0.2) is 4.98 Å². The number of amides is 1. The zero-order valence-corrected chi connectivity index (χ0v) is 16.5. The second-order valence-electron chi connectivity index (χ2n) is 8.05. The van der Waals surface area contributed by atoms with Crippen molar-refractivity contribution in [1.82, 2.24) is 20.1 Å². The number of nitrogens with one attached hydrogen (secondary N) is 1. The van der Waals surface area contributed by atoms with Crippen LogP contribution in [0.4, 0.5) is 0 Å². The van der Waals surface area contributed by atoms with Crippen LogP contribution in [0.25, 0.3) is 11.0 Å². The summed E-state index contributed by atoms with van der Waals surface area (Å²) < 4.78 is 2.11. The molecular formula is C22H23ClN4O. The van der Waals surface area contributed by atoms with Gasteiger partial charge in [0.05, 0.1) is 6.04 Å². The number of carbonyl (C=O) groups is 1. The first-order chi connectivity index (χ1) is 13.6. The summed E-state index contributed by atoms with van der Waals surface area (Å²) in [4.78, 5) is 16.9. The lowest BCUT2D eigenvalue weighted by Gasteiger charge is -2.21. The third-order valence-electron chi connectivity index (χ3n) is 6.49. The Morgan fingerprint density at radius 3 is 2.68 bits per heavy atom. The molecule has 0 bridgehead atoms. The molecule has 3 aromatic rings. The number of rotatable bonds is 5. The number of hydrogen-bond acceptors (Lipinski definition) is 3. The Morgan fingerprint density at radius 1 is 1.25 bits per heavy atom. The molecule has 2 fully saturated rings.